The standard InChI is InChI=1S/C21H14N6O.C18H11N3O2.C10H16N2O/c28-20(27-21-25-9-10-26-21)16-6-5-15(18-19(16)24-8-7-23-18)17-12-22-11-13-3-1-2-4-14(13)17;22-18(23)14-6-5-13(16-17(14)21-8-7-20-16)15-10-19-9-11-3-1-2-4-12(11)15;1-12(2)7-8-13-10-5-3-9(11)4-6-10/h1-12H,(H2,25,26,27,28);1-10H,(H,22,23);3-6H,7-8,11H2,1-2H3. The SMILES string of the molecule is CN(C)CCOc1ccc(N)cc1.O=C(Nc1ncc[nH]1)c1ccc(-c2cncc3ccccc23)c2nccnc12.O=C(O)c1ccc(-c2cncc3ccccc23)c2nccnc12. The number of amides is 1. The van der Waals surface area contributed by atoms with E-state index < -0.39 is 5.97 Å². The van der Waals surface area contributed by atoms with E-state index in [0.717, 1.165) is 61.8 Å². The van der Waals surface area contributed by atoms with Crippen LogP contribution in [0.25, 0.3) is 65.9 Å². The largest absolute Gasteiger partial charge is 0.492 e. The number of nitrogens with two attached hydrogens (primary N) is 1. The number of ether oxygens (including phenoxy) is 1. The first-order valence-corrected chi connectivity index (χ1v) is 20.1. The van der Waals surface area contributed by atoms with Gasteiger partial charge in [-0.3, -0.25) is 40.0 Å². The van der Waals surface area contributed by atoms with Crippen molar-refractivity contribution in [2.24, 2.45) is 0 Å². The number of H-pyrrole nitrogens is 1. The van der Waals surface area contributed by atoms with Gasteiger partial charge in [0.25, 0.3) is 5.91 Å². The number of nitrogens with one attached hydrogen (secondary N) is 2. The molecule has 0 spiro atoms. The molecule has 0 saturated heterocycles. The summed E-state index contributed by atoms with van der Waals surface area (Å²) in [4.78, 5) is 59.2. The Hall–Kier alpha value is -8.69. The van der Waals surface area contributed by atoms with Crippen LogP contribution in [0, 0.1) is 0 Å². The lowest BCUT2D eigenvalue weighted by Crippen LogP contribution is -2.19. The highest BCUT2D eigenvalue weighted by Crippen LogP contribution is 2.34. The molecule has 64 heavy (non-hydrogen) atoms. The maximum Gasteiger partial charge on any atom is 0.337 e. The van der Waals surface area contributed by atoms with Crippen molar-refractivity contribution in [2.75, 3.05) is 38.3 Å². The van der Waals surface area contributed by atoms with Crippen LogP contribution < -0.4 is 15.8 Å². The summed E-state index contributed by atoms with van der Waals surface area (Å²) in [6, 6.07) is 30.4. The number of anilines is 2. The smallest absolute Gasteiger partial charge is 0.337 e. The second-order valence-corrected chi connectivity index (χ2v) is 14.6. The number of carbonyl (C=O) groups excluding carboxylic acids is 1. The van der Waals surface area contributed by atoms with Crippen LogP contribution in [-0.4, -0.2) is 89.0 Å². The molecule has 0 radical (unpaired) electrons. The van der Waals surface area contributed by atoms with Crippen LogP contribution in [0.3, 0.4) is 0 Å². The van der Waals surface area contributed by atoms with Gasteiger partial charge in [-0.15, -0.1) is 0 Å². The molecule has 0 aliphatic rings. The molecule has 5 aromatic heterocycles. The van der Waals surface area contributed by atoms with E-state index in [-0.39, 0.29) is 11.5 Å². The van der Waals surface area contributed by atoms with Crippen molar-refractivity contribution in [3.05, 3.63) is 170 Å². The monoisotopic (exact) mass is 847 g/mol. The van der Waals surface area contributed by atoms with Crippen molar-refractivity contribution in [3.8, 4) is 28.0 Å². The fourth-order valence-corrected chi connectivity index (χ4v) is 6.98. The molecule has 0 bridgehead atoms. The van der Waals surface area contributed by atoms with Gasteiger partial charge in [-0.25, -0.2) is 9.78 Å². The number of likely N-dealkylation sites (N-methyl/N-ethyl adjacent to an activating group) is 1. The van der Waals surface area contributed by atoms with Gasteiger partial charge in [0.1, 0.15) is 23.4 Å². The van der Waals surface area contributed by atoms with Gasteiger partial charge in [0.15, 0.2) is 0 Å². The van der Waals surface area contributed by atoms with Gasteiger partial charge < -0.3 is 25.5 Å². The fraction of sp³-hybridized carbons (Fsp3) is 0.0816. The number of hydrogen-bond donors (Lipinski definition) is 4. The Morgan fingerprint density at radius 3 is 1.69 bits per heavy atom. The van der Waals surface area contributed by atoms with Crippen LogP contribution >= 0.6 is 0 Å². The Morgan fingerprint density at radius 1 is 0.625 bits per heavy atom. The highest BCUT2D eigenvalue weighted by atomic mass is 16.5. The number of nitrogen functional groups attached to an aromatic ring is 1. The van der Waals surface area contributed by atoms with Gasteiger partial charge in [0.05, 0.1) is 22.2 Å². The third-order valence-corrected chi connectivity index (χ3v) is 10.1. The number of hydrogen-bond acceptors (Lipinski definition) is 12. The summed E-state index contributed by atoms with van der Waals surface area (Å²) >= 11 is 0. The van der Waals surface area contributed by atoms with E-state index in [1.807, 2.05) is 105 Å². The lowest BCUT2D eigenvalue weighted by Gasteiger charge is -2.11. The Morgan fingerprint density at radius 2 is 1.16 bits per heavy atom. The van der Waals surface area contributed by atoms with Crippen molar-refractivity contribution in [2.45, 2.75) is 0 Å². The summed E-state index contributed by atoms with van der Waals surface area (Å²) in [6.07, 6.45) is 16.7. The quantitative estimate of drug-likeness (QED) is 0.100. The Balaban J connectivity index is 0.000000140. The number of benzene rings is 5. The zero-order valence-corrected chi connectivity index (χ0v) is 34.8. The number of carboxylic acids is 1. The summed E-state index contributed by atoms with van der Waals surface area (Å²) in [5.74, 6) is -0.0680. The normalized spacial score (nSPS) is 10.9. The van der Waals surface area contributed by atoms with E-state index in [2.05, 4.69) is 50.1 Å². The van der Waals surface area contributed by atoms with Gasteiger partial charge in [-0.05, 0) is 61.3 Å². The lowest BCUT2D eigenvalue weighted by atomic mass is 9.97. The van der Waals surface area contributed by atoms with Crippen molar-refractivity contribution in [1.29, 1.82) is 0 Å². The van der Waals surface area contributed by atoms with E-state index in [4.69, 9.17) is 10.5 Å². The van der Waals surface area contributed by atoms with Crippen LogP contribution in [0.1, 0.15) is 20.7 Å². The highest BCUT2D eigenvalue weighted by molar-refractivity contribution is 6.14. The number of aromatic amines is 1. The molecule has 5 N–H and O–H groups in total. The number of carbonyl (C=O) groups is 2. The molecule has 0 saturated carbocycles. The van der Waals surface area contributed by atoms with E-state index in [9.17, 15) is 14.7 Å². The molecule has 15 nitrogen and oxygen atoms in total. The van der Waals surface area contributed by atoms with Crippen LogP contribution in [0.2, 0.25) is 0 Å². The number of fused-ring (bicyclic) bond motifs is 4. The predicted octanol–water partition coefficient (Wildman–Crippen LogP) is 8.57. The molecule has 0 atom stereocenters. The third-order valence-electron chi connectivity index (χ3n) is 10.1. The Labute approximate surface area is 366 Å². The average molecular weight is 848 g/mol. The van der Waals surface area contributed by atoms with E-state index in [1.54, 1.807) is 61.6 Å². The number of aromatic nitrogens is 8. The zero-order valence-electron chi connectivity index (χ0n) is 34.8. The zero-order chi connectivity index (χ0) is 44.4. The molecule has 0 unspecified atom stereocenters. The number of imidazole rings is 1. The van der Waals surface area contributed by atoms with Crippen LogP contribution in [0.15, 0.2) is 159 Å². The average Bonchev–Trinajstić information content (AvgIpc) is 3.84. The van der Waals surface area contributed by atoms with Gasteiger partial charge in [0, 0.05) is 107 Å². The lowest BCUT2D eigenvalue weighted by molar-refractivity contribution is 0.0698. The van der Waals surface area contributed by atoms with Crippen molar-refractivity contribution in [3.63, 3.8) is 0 Å². The first-order chi connectivity index (χ1) is 31.2. The van der Waals surface area contributed by atoms with Crippen molar-refractivity contribution in [1.82, 2.24) is 44.8 Å². The van der Waals surface area contributed by atoms with Crippen molar-refractivity contribution < 1.29 is 19.4 Å². The fourth-order valence-electron chi connectivity index (χ4n) is 6.98. The maximum absolute atomic E-state index is 12.7. The molecule has 5 heterocycles. The summed E-state index contributed by atoms with van der Waals surface area (Å²) in [5.41, 5.74) is 12.5. The van der Waals surface area contributed by atoms with Crippen LogP contribution in [0.5, 0.6) is 5.75 Å². The van der Waals surface area contributed by atoms with Crippen LogP contribution in [-0.2, 0) is 0 Å². The molecule has 316 valence electrons. The summed E-state index contributed by atoms with van der Waals surface area (Å²) in [6.45, 7) is 1.63. The number of rotatable bonds is 9. The summed E-state index contributed by atoms with van der Waals surface area (Å²) in [5, 5.41) is 16.2. The highest BCUT2D eigenvalue weighted by Gasteiger charge is 2.18. The number of pyridine rings is 2. The molecule has 10 rings (SSSR count). The molecular formula is C49H41N11O4. The second-order valence-electron chi connectivity index (χ2n) is 14.6. The minimum Gasteiger partial charge on any atom is -0.492 e. The second kappa shape index (κ2) is 19.4. The van der Waals surface area contributed by atoms with Gasteiger partial charge in [-0.2, -0.15) is 0 Å². The number of carboxylic acid groups (broad SMARTS) is 1. The third kappa shape index (κ3) is 9.44. The predicted molar refractivity (Wildman–Crippen MR) is 249 cm³/mol. The minimum absolute atomic E-state index is 0.144. The van der Waals surface area contributed by atoms with Gasteiger partial charge >= 0.3 is 5.97 Å². The maximum atomic E-state index is 12.7. The number of nitrogens with zero attached hydrogens (tertiary/aromatic N) is 8. The molecular weight excluding hydrogens is 807 g/mol. The molecule has 0 aliphatic heterocycles. The number of aromatic carboxylic acids is 1. The minimum atomic E-state index is -1.02. The Kier molecular flexibility index (Phi) is 12.7. The molecule has 10 aromatic rings. The molecule has 5 aromatic carbocycles. The summed E-state index contributed by atoms with van der Waals surface area (Å²) in [7, 11) is 4.04. The topological polar surface area (TPSA) is 211 Å². The Bertz CT molecular complexity index is 3220. The van der Waals surface area contributed by atoms with Gasteiger partial charge in [0.2, 0.25) is 5.95 Å². The van der Waals surface area contributed by atoms with E-state index >= 15 is 0 Å². The van der Waals surface area contributed by atoms with Gasteiger partial charge in [-0.1, -0.05) is 60.7 Å². The first-order valence-electron chi connectivity index (χ1n) is 20.1. The molecule has 0 aliphatic carbocycles. The molecule has 15 heteroatoms. The van der Waals surface area contributed by atoms with E-state index in [1.165, 1.54) is 6.20 Å². The van der Waals surface area contributed by atoms with Crippen LogP contribution in [0.4, 0.5) is 11.6 Å². The molecule has 0 fully saturated rings. The first kappa shape index (κ1) is 42.0. The van der Waals surface area contributed by atoms with Crippen molar-refractivity contribution >= 4 is 67.1 Å². The van der Waals surface area contributed by atoms with E-state index in [0.29, 0.717) is 40.2 Å². The summed E-state index contributed by atoms with van der Waals surface area (Å²) < 4.78 is 5.47. The molecule has 1 amide bonds.